The number of carbonyl (C=O) groups is 1. The molecule has 2 fully saturated rings. The summed E-state index contributed by atoms with van der Waals surface area (Å²) in [6.07, 6.45) is 4.73. The van der Waals surface area contributed by atoms with E-state index in [0.717, 1.165) is 50.0 Å². The minimum absolute atomic E-state index is 0.0102. The summed E-state index contributed by atoms with van der Waals surface area (Å²) in [6, 6.07) is 13.0. The van der Waals surface area contributed by atoms with Crippen molar-refractivity contribution >= 4 is 29.1 Å². The summed E-state index contributed by atoms with van der Waals surface area (Å²) in [7, 11) is 3.66. The zero-order valence-electron chi connectivity index (χ0n) is 20.4. The van der Waals surface area contributed by atoms with Crippen molar-refractivity contribution in [2.45, 2.75) is 43.2 Å². The molecule has 1 amide bonds. The number of aromatic hydroxyl groups is 1. The summed E-state index contributed by atoms with van der Waals surface area (Å²) < 4.78 is 6.09. The number of carbonyl (C=O) groups excluding carboxylic acids is 1. The highest BCUT2D eigenvalue weighted by atomic mass is 35.5. The Labute approximate surface area is 218 Å². The fourth-order valence-corrected chi connectivity index (χ4v) is 6.42. The number of methoxy groups -OCH3 is 1. The largest absolute Gasteiger partial charge is 0.508 e. The molecule has 1 aliphatic carbocycles. The first-order valence-corrected chi connectivity index (χ1v) is 12.9. The first-order chi connectivity index (χ1) is 16.8. The normalized spacial score (nSPS) is 26.7. The van der Waals surface area contributed by atoms with Crippen molar-refractivity contribution in [1.29, 1.82) is 0 Å². The molecule has 1 unspecified atom stereocenters. The highest BCUT2D eigenvalue weighted by Crippen LogP contribution is 2.51. The molecule has 7 heteroatoms. The molecule has 35 heavy (non-hydrogen) atoms. The van der Waals surface area contributed by atoms with E-state index in [1.54, 1.807) is 25.3 Å². The second kappa shape index (κ2) is 10.9. The van der Waals surface area contributed by atoms with E-state index in [4.69, 9.17) is 27.9 Å². The predicted molar refractivity (Wildman–Crippen MR) is 141 cm³/mol. The van der Waals surface area contributed by atoms with Gasteiger partial charge in [-0.1, -0.05) is 47.5 Å². The maximum Gasteiger partial charge on any atom is 0.226 e. The summed E-state index contributed by atoms with van der Waals surface area (Å²) in [4.78, 5) is 17.6. The van der Waals surface area contributed by atoms with Gasteiger partial charge in [-0.3, -0.25) is 9.69 Å². The second-order valence-electron chi connectivity index (χ2n) is 9.91. The number of phenols is 1. The van der Waals surface area contributed by atoms with Gasteiger partial charge in [-0.2, -0.15) is 0 Å². The molecule has 2 aromatic rings. The lowest BCUT2D eigenvalue weighted by Gasteiger charge is -2.56. The number of hydrogen-bond acceptors (Lipinski definition) is 4. The summed E-state index contributed by atoms with van der Waals surface area (Å²) in [5.74, 6) is 0.555. The van der Waals surface area contributed by atoms with E-state index in [1.165, 1.54) is 0 Å². The summed E-state index contributed by atoms with van der Waals surface area (Å²) in [5.41, 5.74) is 1.77. The molecule has 188 valence electrons. The van der Waals surface area contributed by atoms with Gasteiger partial charge in [-0.05, 0) is 61.2 Å². The van der Waals surface area contributed by atoms with Gasteiger partial charge in [0, 0.05) is 44.6 Å². The number of fused-ring (bicyclic) bond motifs is 1. The van der Waals surface area contributed by atoms with E-state index in [-0.39, 0.29) is 41.6 Å². The van der Waals surface area contributed by atoms with E-state index in [1.807, 2.05) is 36.2 Å². The molecule has 1 heterocycles. The van der Waals surface area contributed by atoms with Crippen LogP contribution in [-0.2, 0) is 21.4 Å². The molecular weight excluding hydrogens is 483 g/mol. The number of halogens is 2. The Morgan fingerprint density at radius 1 is 1.29 bits per heavy atom. The number of likely N-dealkylation sites (tertiary alicyclic amines) is 1. The number of benzene rings is 2. The van der Waals surface area contributed by atoms with Crippen LogP contribution in [0.4, 0.5) is 0 Å². The van der Waals surface area contributed by atoms with Gasteiger partial charge in [-0.25, -0.2) is 0 Å². The Hall–Kier alpha value is -2.05. The van der Waals surface area contributed by atoms with Crippen LogP contribution in [0.3, 0.4) is 0 Å². The van der Waals surface area contributed by atoms with E-state index < -0.39 is 0 Å². The van der Waals surface area contributed by atoms with Gasteiger partial charge < -0.3 is 14.7 Å². The Bertz CT molecular complexity index is 1080. The van der Waals surface area contributed by atoms with Crippen LogP contribution in [0, 0.1) is 5.92 Å². The Morgan fingerprint density at radius 3 is 2.77 bits per heavy atom. The standard InChI is InChI=1S/C28H34Cl2N2O3/c1-4-11-32-12-10-28(20-6-5-7-22(33)15-20)17-21(16-26(35-3)23(28)18-32)31(2)27(34)14-19-8-9-24(29)25(30)13-19/h4-9,13,15,21,23,26,33H,1,10-12,14,16-18H2,2-3H3/t21-,23-,26?,28-/m0/s1. The van der Waals surface area contributed by atoms with E-state index in [9.17, 15) is 9.90 Å². The van der Waals surface area contributed by atoms with Crippen LogP contribution < -0.4 is 0 Å². The van der Waals surface area contributed by atoms with Crippen LogP contribution in [0.1, 0.15) is 30.4 Å². The molecule has 0 spiro atoms. The number of rotatable bonds is 7. The number of amides is 1. The summed E-state index contributed by atoms with van der Waals surface area (Å²) >= 11 is 12.2. The van der Waals surface area contributed by atoms with Gasteiger partial charge >= 0.3 is 0 Å². The number of likely N-dealkylation sites (N-methyl/N-ethyl adjacent to an activating group) is 1. The summed E-state index contributed by atoms with van der Waals surface area (Å²) in [6.45, 7) is 6.59. The third-order valence-electron chi connectivity index (χ3n) is 7.98. The molecule has 1 N–H and O–H groups in total. The number of nitrogens with zero attached hydrogens (tertiary/aromatic N) is 2. The average molecular weight is 517 g/mol. The molecule has 2 aromatic carbocycles. The number of hydrogen-bond donors (Lipinski definition) is 1. The van der Waals surface area contributed by atoms with Gasteiger partial charge in [0.25, 0.3) is 0 Å². The first kappa shape index (κ1) is 26.0. The lowest BCUT2D eigenvalue weighted by molar-refractivity contribution is -0.136. The molecule has 0 radical (unpaired) electrons. The smallest absolute Gasteiger partial charge is 0.226 e. The number of phenolic OH excluding ortho intramolecular Hbond substituents is 1. The number of ether oxygens (including phenoxy) is 1. The maximum atomic E-state index is 13.3. The molecule has 0 bridgehead atoms. The van der Waals surface area contributed by atoms with Crippen molar-refractivity contribution in [3.05, 3.63) is 76.3 Å². The van der Waals surface area contributed by atoms with Crippen LogP contribution in [0.15, 0.2) is 55.1 Å². The van der Waals surface area contributed by atoms with Crippen molar-refractivity contribution in [2.24, 2.45) is 5.92 Å². The van der Waals surface area contributed by atoms with Crippen LogP contribution in [0.5, 0.6) is 5.75 Å². The van der Waals surface area contributed by atoms with Crippen molar-refractivity contribution in [1.82, 2.24) is 9.80 Å². The van der Waals surface area contributed by atoms with Gasteiger partial charge in [0.05, 0.1) is 22.6 Å². The lowest BCUT2D eigenvalue weighted by Crippen LogP contribution is -2.61. The molecule has 0 aromatic heterocycles. The van der Waals surface area contributed by atoms with Crippen molar-refractivity contribution in [2.75, 3.05) is 33.8 Å². The molecule has 1 aliphatic heterocycles. The summed E-state index contributed by atoms with van der Waals surface area (Å²) in [5, 5.41) is 11.3. The van der Waals surface area contributed by atoms with Gasteiger partial charge in [0.2, 0.25) is 5.91 Å². The van der Waals surface area contributed by atoms with Gasteiger partial charge in [-0.15, -0.1) is 6.58 Å². The molecular formula is C28H34Cl2N2O3. The highest BCUT2D eigenvalue weighted by molar-refractivity contribution is 6.42. The Balaban J connectivity index is 1.63. The Kier molecular flexibility index (Phi) is 8.12. The molecule has 4 atom stereocenters. The highest BCUT2D eigenvalue weighted by Gasteiger charge is 2.53. The monoisotopic (exact) mass is 516 g/mol. The van der Waals surface area contributed by atoms with Gasteiger partial charge in [0.15, 0.2) is 0 Å². The van der Waals surface area contributed by atoms with Gasteiger partial charge in [0.1, 0.15) is 5.75 Å². The molecule has 5 nitrogen and oxygen atoms in total. The van der Waals surface area contributed by atoms with Crippen LogP contribution in [0.25, 0.3) is 0 Å². The van der Waals surface area contributed by atoms with E-state index in [2.05, 4.69) is 17.5 Å². The molecule has 2 aliphatic rings. The van der Waals surface area contributed by atoms with Crippen LogP contribution >= 0.6 is 23.2 Å². The first-order valence-electron chi connectivity index (χ1n) is 12.1. The topological polar surface area (TPSA) is 53.0 Å². The molecule has 1 saturated carbocycles. The minimum Gasteiger partial charge on any atom is -0.508 e. The van der Waals surface area contributed by atoms with E-state index >= 15 is 0 Å². The fourth-order valence-electron chi connectivity index (χ4n) is 6.10. The second-order valence-corrected chi connectivity index (χ2v) is 10.7. The van der Waals surface area contributed by atoms with Crippen LogP contribution in [-0.4, -0.2) is 66.8 Å². The molecule has 4 rings (SSSR count). The fraction of sp³-hybridized carbons (Fsp3) is 0.464. The van der Waals surface area contributed by atoms with Crippen molar-refractivity contribution in [3.63, 3.8) is 0 Å². The number of piperidine rings is 1. The van der Waals surface area contributed by atoms with E-state index in [0.29, 0.717) is 10.0 Å². The quantitative estimate of drug-likeness (QED) is 0.505. The third kappa shape index (κ3) is 5.39. The molecule has 1 saturated heterocycles. The lowest BCUT2D eigenvalue weighted by atomic mass is 9.56. The van der Waals surface area contributed by atoms with Crippen molar-refractivity contribution in [3.8, 4) is 5.75 Å². The average Bonchev–Trinajstić information content (AvgIpc) is 2.85. The minimum atomic E-state index is -0.196. The third-order valence-corrected chi connectivity index (χ3v) is 8.72. The van der Waals surface area contributed by atoms with Crippen LogP contribution in [0.2, 0.25) is 10.0 Å². The van der Waals surface area contributed by atoms with Crippen molar-refractivity contribution < 1.29 is 14.6 Å². The maximum absolute atomic E-state index is 13.3. The SMILES string of the molecule is C=CCN1CC[C@@]2(c3cccc(O)c3)C[C@@H](N(C)C(=O)Cc3ccc(Cl)c(Cl)c3)CC(OC)[C@@H]2C1. The zero-order chi connectivity index (χ0) is 25.2. The zero-order valence-corrected chi connectivity index (χ0v) is 21.9. The predicted octanol–water partition coefficient (Wildman–Crippen LogP) is 5.32. The Morgan fingerprint density at radius 2 is 2.09 bits per heavy atom.